The Morgan fingerprint density at radius 2 is 1.90 bits per heavy atom. The Hall–Kier alpha value is -1.89. The molecule has 7 heteroatoms. The molecule has 0 atom stereocenters. The average Bonchev–Trinajstić information content (AvgIpc) is 2.37. The topological polar surface area (TPSA) is 78.9 Å². The summed E-state index contributed by atoms with van der Waals surface area (Å²) in [6.45, 7) is 2.38. The molecule has 0 aliphatic rings. The Morgan fingerprint density at radius 1 is 1.25 bits per heavy atom. The van der Waals surface area contributed by atoms with Crippen LogP contribution in [0.15, 0.2) is 10.5 Å². The summed E-state index contributed by atoms with van der Waals surface area (Å²) in [6, 6.07) is 1.54. The van der Waals surface area contributed by atoms with Crippen molar-refractivity contribution < 1.29 is 28.6 Å². The largest absolute Gasteiger partial charge is 0.492 e. The summed E-state index contributed by atoms with van der Waals surface area (Å²) in [5.41, 5.74) is 0.611. The maximum Gasteiger partial charge on any atom is 0.308 e. The van der Waals surface area contributed by atoms with Crippen LogP contribution in [-0.4, -0.2) is 25.3 Å². The predicted molar refractivity (Wildman–Crippen MR) is 72.9 cm³/mol. The fourth-order valence-electron chi connectivity index (χ4n) is 1.53. The van der Waals surface area contributed by atoms with E-state index in [0.717, 1.165) is 0 Å². The van der Waals surface area contributed by atoms with Crippen molar-refractivity contribution in [2.45, 2.75) is 20.5 Å². The zero-order valence-corrected chi connectivity index (χ0v) is 12.8. The summed E-state index contributed by atoms with van der Waals surface area (Å²) in [7, 11) is 1.34. The molecule has 6 nitrogen and oxygen atoms in total. The standard InChI is InChI=1S/C13H13BrO6/c1-7(16)19-6-9-4-11(14)10(5-15)13(18-3)12(9)20-8(2)17/h4-5H,6H2,1-3H3. The van der Waals surface area contributed by atoms with Crippen LogP contribution in [0.3, 0.4) is 0 Å². The summed E-state index contributed by atoms with van der Waals surface area (Å²) in [5.74, 6) is -0.891. The van der Waals surface area contributed by atoms with Gasteiger partial charge in [0.15, 0.2) is 17.8 Å². The van der Waals surface area contributed by atoms with Gasteiger partial charge in [-0.2, -0.15) is 0 Å². The lowest BCUT2D eigenvalue weighted by atomic mass is 10.1. The van der Waals surface area contributed by atoms with Crippen molar-refractivity contribution >= 4 is 34.2 Å². The highest BCUT2D eigenvalue weighted by Crippen LogP contribution is 2.39. The monoisotopic (exact) mass is 344 g/mol. The number of halogens is 1. The van der Waals surface area contributed by atoms with E-state index < -0.39 is 11.9 Å². The van der Waals surface area contributed by atoms with E-state index in [1.165, 1.54) is 27.0 Å². The van der Waals surface area contributed by atoms with Gasteiger partial charge in [-0.3, -0.25) is 14.4 Å². The van der Waals surface area contributed by atoms with Crippen molar-refractivity contribution in [3.8, 4) is 11.5 Å². The number of hydrogen-bond acceptors (Lipinski definition) is 6. The normalized spacial score (nSPS) is 9.80. The van der Waals surface area contributed by atoms with Crippen molar-refractivity contribution in [3.63, 3.8) is 0 Å². The van der Waals surface area contributed by atoms with E-state index in [4.69, 9.17) is 14.2 Å². The molecule has 0 N–H and O–H groups in total. The summed E-state index contributed by atoms with van der Waals surface area (Å²) >= 11 is 3.21. The summed E-state index contributed by atoms with van der Waals surface area (Å²) in [6.07, 6.45) is 0.575. The van der Waals surface area contributed by atoms with E-state index in [1.807, 2.05) is 0 Å². The molecule has 0 saturated carbocycles. The molecular weight excluding hydrogens is 332 g/mol. The number of benzene rings is 1. The second kappa shape index (κ2) is 7.04. The van der Waals surface area contributed by atoms with Crippen LogP contribution in [0.4, 0.5) is 0 Å². The van der Waals surface area contributed by atoms with Crippen molar-refractivity contribution in [1.29, 1.82) is 0 Å². The van der Waals surface area contributed by atoms with Crippen LogP contribution in [0, 0.1) is 0 Å². The number of rotatable bonds is 5. The van der Waals surface area contributed by atoms with Crippen LogP contribution in [0.2, 0.25) is 0 Å². The summed E-state index contributed by atoms with van der Waals surface area (Å²) in [4.78, 5) is 33.1. The van der Waals surface area contributed by atoms with Gasteiger partial charge in [0.25, 0.3) is 0 Å². The Morgan fingerprint density at radius 3 is 2.35 bits per heavy atom. The van der Waals surface area contributed by atoms with Crippen LogP contribution in [0.25, 0.3) is 0 Å². The van der Waals surface area contributed by atoms with Gasteiger partial charge >= 0.3 is 11.9 Å². The third-order valence-electron chi connectivity index (χ3n) is 2.30. The number of ether oxygens (including phenoxy) is 3. The van der Waals surface area contributed by atoms with Gasteiger partial charge in [-0.25, -0.2) is 0 Å². The quantitative estimate of drug-likeness (QED) is 0.463. The number of methoxy groups -OCH3 is 1. The fourth-order valence-corrected chi connectivity index (χ4v) is 2.08. The highest BCUT2D eigenvalue weighted by atomic mass is 79.9. The van der Waals surface area contributed by atoms with E-state index in [2.05, 4.69) is 15.9 Å². The van der Waals surface area contributed by atoms with Gasteiger partial charge in [0, 0.05) is 23.9 Å². The molecule has 0 aliphatic heterocycles. The Balaban J connectivity index is 3.39. The minimum absolute atomic E-state index is 0.0616. The van der Waals surface area contributed by atoms with Crippen LogP contribution >= 0.6 is 15.9 Å². The average molecular weight is 345 g/mol. The first-order chi connectivity index (χ1) is 9.40. The number of carbonyl (C=O) groups is 3. The molecule has 108 valence electrons. The molecule has 1 rings (SSSR count). The molecule has 0 heterocycles. The molecule has 0 radical (unpaired) electrons. The molecule has 1 aromatic carbocycles. The third-order valence-corrected chi connectivity index (χ3v) is 2.96. The molecule has 0 saturated heterocycles. The molecule has 0 amide bonds. The minimum atomic E-state index is -0.577. The maximum absolute atomic E-state index is 11.2. The molecule has 20 heavy (non-hydrogen) atoms. The van der Waals surface area contributed by atoms with Crippen LogP contribution in [0.1, 0.15) is 29.8 Å². The van der Waals surface area contributed by atoms with Gasteiger partial charge in [0.2, 0.25) is 0 Å². The Kier molecular flexibility index (Phi) is 5.69. The van der Waals surface area contributed by atoms with Crippen LogP contribution in [-0.2, 0) is 20.9 Å². The summed E-state index contributed by atoms with van der Waals surface area (Å²) < 4.78 is 15.5. The zero-order valence-electron chi connectivity index (χ0n) is 11.2. The van der Waals surface area contributed by atoms with E-state index in [9.17, 15) is 14.4 Å². The molecule has 0 unspecified atom stereocenters. The second-order valence-electron chi connectivity index (χ2n) is 3.79. The smallest absolute Gasteiger partial charge is 0.308 e. The van der Waals surface area contributed by atoms with E-state index >= 15 is 0 Å². The number of esters is 2. The fraction of sp³-hybridized carbons (Fsp3) is 0.308. The van der Waals surface area contributed by atoms with Gasteiger partial charge in [-0.05, 0) is 22.0 Å². The number of hydrogen-bond donors (Lipinski definition) is 0. The van der Waals surface area contributed by atoms with E-state index in [1.54, 1.807) is 0 Å². The van der Waals surface area contributed by atoms with Gasteiger partial charge in [0.1, 0.15) is 6.61 Å². The molecular formula is C13H13BrO6. The predicted octanol–water partition coefficient (Wildman–Crippen LogP) is 2.26. The molecule has 0 spiro atoms. The maximum atomic E-state index is 11.2. The highest BCUT2D eigenvalue weighted by molar-refractivity contribution is 9.10. The van der Waals surface area contributed by atoms with Crippen molar-refractivity contribution in [1.82, 2.24) is 0 Å². The molecule has 0 aromatic heterocycles. The first-order valence-corrected chi connectivity index (χ1v) is 6.36. The van der Waals surface area contributed by atoms with Crippen molar-refractivity contribution in [2.24, 2.45) is 0 Å². The van der Waals surface area contributed by atoms with Gasteiger partial charge in [-0.1, -0.05) is 0 Å². The summed E-state index contributed by atoms with van der Waals surface area (Å²) in [5, 5.41) is 0. The number of aldehydes is 1. The lowest BCUT2D eigenvalue weighted by Gasteiger charge is -2.16. The molecule has 0 bridgehead atoms. The first-order valence-electron chi connectivity index (χ1n) is 5.57. The Labute approximate surface area is 124 Å². The first kappa shape index (κ1) is 16.2. The molecule has 0 fully saturated rings. The SMILES string of the molecule is COc1c(C=O)c(Br)cc(COC(C)=O)c1OC(C)=O. The van der Waals surface area contributed by atoms with Gasteiger partial charge < -0.3 is 14.2 Å². The lowest BCUT2D eigenvalue weighted by molar-refractivity contribution is -0.142. The number of carbonyl (C=O) groups excluding carboxylic acids is 3. The van der Waals surface area contributed by atoms with E-state index in [0.29, 0.717) is 16.3 Å². The van der Waals surface area contributed by atoms with Crippen LogP contribution in [0.5, 0.6) is 11.5 Å². The van der Waals surface area contributed by atoms with Gasteiger partial charge in [-0.15, -0.1) is 0 Å². The Bertz CT molecular complexity index is 552. The highest BCUT2D eigenvalue weighted by Gasteiger charge is 2.21. The second-order valence-corrected chi connectivity index (χ2v) is 4.64. The van der Waals surface area contributed by atoms with Crippen molar-refractivity contribution in [3.05, 3.63) is 21.7 Å². The van der Waals surface area contributed by atoms with Crippen molar-refractivity contribution in [2.75, 3.05) is 7.11 Å². The minimum Gasteiger partial charge on any atom is -0.492 e. The van der Waals surface area contributed by atoms with E-state index in [-0.39, 0.29) is 23.7 Å². The molecule has 1 aromatic rings. The third kappa shape index (κ3) is 3.80. The van der Waals surface area contributed by atoms with Crippen LogP contribution < -0.4 is 9.47 Å². The van der Waals surface area contributed by atoms with Gasteiger partial charge in [0.05, 0.1) is 12.7 Å². The lowest BCUT2D eigenvalue weighted by Crippen LogP contribution is -2.09. The zero-order chi connectivity index (χ0) is 15.3. The molecule has 0 aliphatic carbocycles.